The minimum Gasteiger partial charge on any atom is -0.199 e. The summed E-state index contributed by atoms with van der Waals surface area (Å²) in [6.07, 6.45) is 1.50. The van der Waals surface area contributed by atoms with Gasteiger partial charge < -0.3 is 0 Å². The van der Waals surface area contributed by atoms with E-state index in [2.05, 4.69) is 15.9 Å². The van der Waals surface area contributed by atoms with Gasteiger partial charge in [0.2, 0.25) is 0 Å². The summed E-state index contributed by atoms with van der Waals surface area (Å²) in [5, 5.41) is 0. The lowest BCUT2D eigenvalue weighted by Crippen LogP contribution is -1.75. The minimum absolute atomic E-state index is 0.275. The summed E-state index contributed by atoms with van der Waals surface area (Å²) in [4.78, 5) is 0. The molecule has 0 radical (unpaired) electrons. The van der Waals surface area contributed by atoms with E-state index >= 15 is 0 Å². The van der Waals surface area contributed by atoms with Crippen LogP contribution in [-0.2, 0) is 0 Å². The van der Waals surface area contributed by atoms with Crippen molar-refractivity contribution in [2.75, 3.05) is 0 Å². The lowest BCUT2D eigenvalue weighted by molar-refractivity contribution is 0.680. The van der Waals surface area contributed by atoms with E-state index in [1.54, 1.807) is 0 Å². The molecule has 0 aromatic rings. The molecule has 0 fully saturated rings. The Hall–Kier alpha value is 0.150. The Morgan fingerprint density at radius 3 is 2.14 bits per heavy atom. The summed E-state index contributed by atoms with van der Waals surface area (Å²) in [5.41, 5.74) is 0. The van der Waals surface area contributed by atoms with Gasteiger partial charge in [0.25, 0.3) is 0 Å². The second-order valence-electron chi connectivity index (χ2n) is 1.70. The summed E-state index contributed by atoms with van der Waals surface area (Å²) in [6.45, 7) is 3.84. The molecule has 0 bridgehead atoms. The maximum Gasteiger partial charge on any atom is 0.161 e. The van der Waals surface area contributed by atoms with Crippen molar-refractivity contribution in [2.45, 2.75) is 13.8 Å². The summed E-state index contributed by atoms with van der Waals surface area (Å²) < 4.78 is 11.5. The molecule has 0 spiro atoms. The quantitative estimate of drug-likeness (QED) is 0.563. The van der Waals surface area contributed by atoms with Crippen LogP contribution in [0.1, 0.15) is 13.8 Å². The smallest absolute Gasteiger partial charge is 0.161 e. The van der Waals surface area contributed by atoms with E-state index in [-0.39, 0.29) is 4.74 Å². The highest BCUT2D eigenvalue weighted by Gasteiger charge is 1.87. The van der Waals surface area contributed by atoms with Gasteiger partial charge >= 0.3 is 0 Å². The van der Waals surface area contributed by atoms with E-state index in [9.17, 15) is 4.39 Å². The second kappa shape index (κ2) is 3.19. The summed E-state index contributed by atoms with van der Waals surface area (Å²) in [7, 11) is 0. The molecule has 0 aliphatic heterocycles. The molecular formula is C5H8BrF. The van der Waals surface area contributed by atoms with Crippen LogP contribution >= 0.6 is 15.9 Å². The minimum atomic E-state index is -0.275. The zero-order valence-corrected chi connectivity index (χ0v) is 6.00. The molecule has 0 aliphatic rings. The van der Waals surface area contributed by atoms with Gasteiger partial charge in [0.15, 0.2) is 4.74 Å². The van der Waals surface area contributed by atoms with Crippen molar-refractivity contribution < 1.29 is 4.39 Å². The maximum atomic E-state index is 11.7. The number of hydrogen-bond acceptors (Lipinski definition) is 0. The number of allylic oxidation sites excluding steroid dienone is 1. The molecule has 0 saturated carbocycles. The molecule has 0 aromatic heterocycles. The van der Waals surface area contributed by atoms with Crippen LogP contribution in [0.2, 0.25) is 0 Å². The normalized spacial score (nSPS) is 13.0. The van der Waals surface area contributed by atoms with E-state index in [0.29, 0.717) is 5.92 Å². The Kier molecular flexibility index (Phi) is 3.26. The third-order valence-electron chi connectivity index (χ3n) is 0.459. The fraction of sp³-hybridized carbons (Fsp3) is 0.600. The highest BCUT2D eigenvalue weighted by Crippen LogP contribution is 2.08. The topological polar surface area (TPSA) is 0 Å². The molecule has 0 nitrogen and oxygen atoms in total. The predicted octanol–water partition coefficient (Wildman–Crippen LogP) is 2.85. The van der Waals surface area contributed by atoms with E-state index < -0.39 is 0 Å². The van der Waals surface area contributed by atoms with Crippen LogP contribution in [0.15, 0.2) is 10.8 Å². The molecule has 2 heteroatoms. The highest BCUT2D eigenvalue weighted by molar-refractivity contribution is 9.11. The van der Waals surface area contributed by atoms with E-state index in [1.807, 2.05) is 13.8 Å². The Bertz CT molecular complexity index is 72.1. The van der Waals surface area contributed by atoms with Crippen molar-refractivity contribution in [1.29, 1.82) is 0 Å². The fourth-order valence-corrected chi connectivity index (χ4v) is 0.781. The van der Waals surface area contributed by atoms with Crippen molar-refractivity contribution in [3.05, 3.63) is 10.8 Å². The SMILES string of the molecule is CC(C)/C=C(/F)Br. The monoisotopic (exact) mass is 166 g/mol. The largest absolute Gasteiger partial charge is 0.199 e. The Morgan fingerprint density at radius 2 is 2.14 bits per heavy atom. The molecule has 42 valence electrons. The van der Waals surface area contributed by atoms with Crippen LogP contribution in [-0.4, -0.2) is 0 Å². The third kappa shape index (κ3) is 6.15. The average Bonchev–Trinajstić information content (AvgIpc) is 1.27. The van der Waals surface area contributed by atoms with Crippen LogP contribution in [0.25, 0.3) is 0 Å². The van der Waals surface area contributed by atoms with Crippen molar-refractivity contribution in [3.63, 3.8) is 0 Å². The first-order chi connectivity index (χ1) is 3.13. The van der Waals surface area contributed by atoms with E-state index in [4.69, 9.17) is 0 Å². The van der Waals surface area contributed by atoms with Crippen LogP contribution in [0.3, 0.4) is 0 Å². The molecule has 0 rings (SSSR count). The van der Waals surface area contributed by atoms with Crippen LogP contribution in [0.5, 0.6) is 0 Å². The van der Waals surface area contributed by atoms with Gasteiger partial charge in [-0.3, -0.25) is 0 Å². The molecule has 0 N–H and O–H groups in total. The zero-order chi connectivity index (χ0) is 5.86. The van der Waals surface area contributed by atoms with Crippen LogP contribution < -0.4 is 0 Å². The number of hydrogen-bond donors (Lipinski definition) is 0. The molecule has 0 heterocycles. The predicted molar refractivity (Wildman–Crippen MR) is 33.0 cm³/mol. The second-order valence-corrected chi connectivity index (χ2v) is 2.46. The summed E-state index contributed by atoms with van der Waals surface area (Å²) in [5.74, 6) is 0.291. The van der Waals surface area contributed by atoms with Crippen LogP contribution in [0, 0.1) is 5.92 Å². The first kappa shape index (κ1) is 7.15. The Balaban J connectivity index is 3.45. The molecule has 0 unspecified atom stereocenters. The Labute approximate surface area is 51.5 Å². The van der Waals surface area contributed by atoms with Gasteiger partial charge in [-0.1, -0.05) is 13.8 Å². The van der Waals surface area contributed by atoms with Gasteiger partial charge in [-0.15, -0.1) is 0 Å². The fourth-order valence-electron chi connectivity index (χ4n) is 0.252. The van der Waals surface area contributed by atoms with E-state index in [0.717, 1.165) is 0 Å². The van der Waals surface area contributed by atoms with E-state index in [1.165, 1.54) is 6.08 Å². The van der Waals surface area contributed by atoms with Crippen molar-refractivity contribution >= 4 is 15.9 Å². The molecular weight excluding hydrogens is 159 g/mol. The van der Waals surface area contributed by atoms with Gasteiger partial charge in [0.1, 0.15) is 0 Å². The van der Waals surface area contributed by atoms with Gasteiger partial charge in [-0.25, -0.2) is 0 Å². The molecule has 0 saturated heterocycles. The van der Waals surface area contributed by atoms with Crippen molar-refractivity contribution in [1.82, 2.24) is 0 Å². The van der Waals surface area contributed by atoms with Crippen LogP contribution in [0.4, 0.5) is 4.39 Å². The molecule has 0 aliphatic carbocycles. The lowest BCUT2D eigenvalue weighted by Gasteiger charge is -1.89. The molecule has 7 heavy (non-hydrogen) atoms. The van der Waals surface area contributed by atoms with Crippen molar-refractivity contribution in [3.8, 4) is 0 Å². The molecule has 0 amide bonds. The Morgan fingerprint density at radius 1 is 1.71 bits per heavy atom. The van der Waals surface area contributed by atoms with Gasteiger partial charge in [0.05, 0.1) is 0 Å². The molecule has 0 atom stereocenters. The zero-order valence-electron chi connectivity index (χ0n) is 4.41. The number of halogens is 2. The average molecular weight is 167 g/mol. The first-order valence-corrected chi connectivity index (χ1v) is 2.95. The van der Waals surface area contributed by atoms with Gasteiger partial charge in [-0.2, -0.15) is 4.39 Å². The molecule has 0 aromatic carbocycles. The summed E-state index contributed by atoms with van der Waals surface area (Å²) in [6, 6.07) is 0. The summed E-state index contributed by atoms with van der Waals surface area (Å²) >= 11 is 2.67. The number of rotatable bonds is 1. The van der Waals surface area contributed by atoms with Crippen molar-refractivity contribution in [2.24, 2.45) is 5.92 Å². The highest BCUT2D eigenvalue weighted by atomic mass is 79.9. The maximum absolute atomic E-state index is 11.7. The third-order valence-corrected chi connectivity index (χ3v) is 0.724. The standard InChI is InChI=1S/C5H8BrF/c1-4(2)3-5(6)7/h3-4H,1-2H3/b5-3+. The lowest BCUT2D eigenvalue weighted by atomic mass is 10.2. The first-order valence-electron chi connectivity index (χ1n) is 2.15. The van der Waals surface area contributed by atoms with Gasteiger partial charge in [0, 0.05) is 0 Å². The van der Waals surface area contributed by atoms with Gasteiger partial charge in [-0.05, 0) is 27.9 Å².